The number of pyridine rings is 2. The largest absolute Gasteiger partial charge is 0.361 e. The van der Waals surface area contributed by atoms with Gasteiger partial charge in [0.15, 0.2) is 0 Å². The summed E-state index contributed by atoms with van der Waals surface area (Å²) in [6.45, 7) is 2.02. The molecule has 120 valence electrons. The number of nitrogens with zero attached hydrogens (tertiary/aromatic N) is 2. The standard InChI is InChI=1S/C17H14BrN5O/c1-9(13-5-7-20-23-13)21-16-11-3-2-10(18)8-12(11)15-14(22-16)4-6-19-17(15)24/h2-9H,1H3,(H,19,24)(H,20,23)(H,21,22). The van der Waals surface area contributed by atoms with E-state index >= 15 is 0 Å². The fourth-order valence-electron chi connectivity index (χ4n) is 2.83. The van der Waals surface area contributed by atoms with E-state index in [9.17, 15) is 4.79 Å². The molecule has 0 aliphatic carbocycles. The number of fused-ring (bicyclic) bond motifs is 3. The van der Waals surface area contributed by atoms with Crippen LogP contribution < -0.4 is 10.9 Å². The number of benzene rings is 1. The maximum absolute atomic E-state index is 12.3. The van der Waals surface area contributed by atoms with E-state index in [2.05, 4.69) is 41.4 Å². The van der Waals surface area contributed by atoms with Crippen molar-refractivity contribution in [3.05, 3.63) is 63.2 Å². The van der Waals surface area contributed by atoms with Gasteiger partial charge in [0, 0.05) is 27.6 Å². The van der Waals surface area contributed by atoms with E-state index in [1.807, 2.05) is 37.3 Å². The maximum Gasteiger partial charge on any atom is 0.258 e. The maximum atomic E-state index is 12.3. The average molecular weight is 384 g/mol. The normalized spacial score (nSPS) is 12.6. The van der Waals surface area contributed by atoms with Crippen molar-refractivity contribution >= 4 is 43.4 Å². The molecule has 0 bridgehead atoms. The number of nitrogens with one attached hydrogen (secondary N) is 3. The molecule has 1 atom stereocenters. The highest BCUT2D eigenvalue weighted by atomic mass is 79.9. The second-order valence-corrected chi connectivity index (χ2v) is 6.50. The van der Waals surface area contributed by atoms with Gasteiger partial charge in [-0.2, -0.15) is 5.10 Å². The Bertz CT molecular complexity index is 1090. The monoisotopic (exact) mass is 383 g/mol. The number of rotatable bonds is 3. The van der Waals surface area contributed by atoms with Crippen LogP contribution >= 0.6 is 15.9 Å². The quantitative estimate of drug-likeness (QED) is 0.470. The lowest BCUT2D eigenvalue weighted by Gasteiger charge is -2.15. The van der Waals surface area contributed by atoms with Gasteiger partial charge in [0.1, 0.15) is 5.82 Å². The van der Waals surface area contributed by atoms with Crippen molar-refractivity contribution in [1.82, 2.24) is 20.2 Å². The summed E-state index contributed by atoms with van der Waals surface area (Å²) in [5, 5.41) is 12.8. The lowest BCUT2D eigenvalue weighted by Crippen LogP contribution is -2.11. The third-order valence-electron chi connectivity index (χ3n) is 4.00. The summed E-state index contributed by atoms with van der Waals surface area (Å²) in [4.78, 5) is 19.7. The van der Waals surface area contributed by atoms with Gasteiger partial charge in [-0.15, -0.1) is 0 Å². The number of anilines is 1. The van der Waals surface area contributed by atoms with Crippen LogP contribution in [0.3, 0.4) is 0 Å². The minimum absolute atomic E-state index is 0.0185. The summed E-state index contributed by atoms with van der Waals surface area (Å²) < 4.78 is 0.914. The number of aromatic nitrogens is 4. The van der Waals surface area contributed by atoms with Crippen LogP contribution in [-0.4, -0.2) is 20.2 Å². The molecule has 24 heavy (non-hydrogen) atoms. The van der Waals surface area contributed by atoms with Crippen molar-refractivity contribution in [3.63, 3.8) is 0 Å². The first-order chi connectivity index (χ1) is 11.6. The summed E-state index contributed by atoms with van der Waals surface area (Å²) in [6, 6.07) is 9.55. The van der Waals surface area contributed by atoms with Gasteiger partial charge < -0.3 is 10.3 Å². The van der Waals surface area contributed by atoms with Crippen LogP contribution in [0.2, 0.25) is 0 Å². The molecule has 1 unspecified atom stereocenters. The molecular formula is C17H14BrN5O. The first kappa shape index (κ1) is 14.9. The van der Waals surface area contributed by atoms with E-state index in [1.54, 1.807) is 12.4 Å². The first-order valence-corrected chi connectivity index (χ1v) is 8.29. The molecule has 4 aromatic rings. The van der Waals surface area contributed by atoms with Gasteiger partial charge in [-0.05, 0) is 37.3 Å². The highest BCUT2D eigenvalue weighted by molar-refractivity contribution is 9.10. The van der Waals surface area contributed by atoms with Gasteiger partial charge in [0.05, 0.1) is 22.6 Å². The van der Waals surface area contributed by atoms with Crippen molar-refractivity contribution in [3.8, 4) is 0 Å². The molecule has 6 nitrogen and oxygen atoms in total. The molecule has 3 heterocycles. The van der Waals surface area contributed by atoms with Crippen molar-refractivity contribution in [2.24, 2.45) is 0 Å². The molecule has 0 amide bonds. The fourth-order valence-corrected chi connectivity index (χ4v) is 3.20. The van der Waals surface area contributed by atoms with Gasteiger partial charge in [-0.25, -0.2) is 4.98 Å². The highest BCUT2D eigenvalue weighted by Gasteiger charge is 2.14. The molecule has 7 heteroatoms. The molecule has 0 aliphatic heterocycles. The topological polar surface area (TPSA) is 86.5 Å². The molecule has 3 aromatic heterocycles. The van der Waals surface area contributed by atoms with E-state index in [-0.39, 0.29) is 11.6 Å². The summed E-state index contributed by atoms with van der Waals surface area (Å²) in [7, 11) is 0. The molecule has 3 N–H and O–H groups in total. The Balaban J connectivity index is 1.96. The second kappa shape index (κ2) is 5.76. The van der Waals surface area contributed by atoms with Crippen LogP contribution in [-0.2, 0) is 0 Å². The zero-order valence-electron chi connectivity index (χ0n) is 12.8. The summed E-state index contributed by atoms with van der Waals surface area (Å²) in [5.74, 6) is 0.728. The first-order valence-electron chi connectivity index (χ1n) is 7.50. The van der Waals surface area contributed by atoms with Crippen LogP contribution in [0.1, 0.15) is 18.7 Å². The molecule has 0 radical (unpaired) electrons. The molecule has 0 saturated carbocycles. The molecule has 1 aromatic carbocycles. The zero-order chi connectivity index (χ0) is 16.7. The molecule has 0 saturated heterocycles. The molecule has 0 fully saturated rings. The Hall–Kier alpha value is -2.67. The molecule has 0 spiro atoms. The lowest BCUT2D eigenvalue weighted by molar-refractivity contribution is 0.822. The predicted molar refractivity (Wildman–Crippen MR) is 98.2 cm³/mol. The van der Waals surface area contributed by atoms with Crippen molar-refractivity contribution in [2.75, 3.05) is 5.32 Å². The Morgan fingerprint density at radius 3 is 2.83 bits per heavy atom. The summed E-state index contributed by atoms with van der Waals surface area (Å²) >= 11 is 3.48. The number of hydrogen-bond acceptors (Lipinski definition) is 4. The van der Waals surface area contributed by atoms with Crippen LogP contribution in [0.5, 0.6) is 0 Å². The van der Waals surface area contributed by atoms with Gasteiger partial charge in [-0.3, -0.25) is 9.89 Å². The Morgan fingerprint density at radius 1 is 1.17 bits per heavy atom. The van der Waals surface area contributed by atoms with Gasteiger partial charge in [0.25, 0.3) is 5.56 Å². The second-order valence-electron chi connectivity index (χ2n) is 5.58. The Morgan fingerprint density at radius 2 is 2.04 bits per heavy atom. The van der Waals surface area contributed by atoms with E-state index in [0.29, 0.717) is 10.9 Å². The molecule has 0 aliphatic rings. The third kappa shape index (κ3) is 2.46. The van der Waals surface area contributed by atoms with E-state index in [0.717, 1.165) is 26.8 Å². The van der Waals surface area contributed by atoms with Crippen LogP contribution in [0.15, 0.2) is 52.0 Å². The minimum atomic E-state index is -0.144. The van der Waals surface area contributed by atoms with Crippen LogP contribution in [0, 0.1) is 0 Å². The van der Waals surface area contributed by atoms with Gasteiger partial charge >= 0.3 is 0 Å². The van der Waals surface area contributed by atoms with Gasteiger partial charge in [-0.1, -0.05) is 15.9 Å². The average Bonchev–Trinajstić information content (AvgIpc) is 3.09. The van der Waals surface area contributed by atoms with Gasteiger partial charge in [0.2, 0.25) is 0 Å². The summed E-state index contributed by atoms with van der Waals surface area (Å²) in [5.41, 5.74) is 1.41. The van der Waals surface area contributed by atoms with E-state index in [1.165, 1.54) is 0 Å². The van der Waals surface area contributed by atoms with E-state index < -0.39 is 0 Å². The molecule has 4 rings (SSSR count). The van der Waals surface area contributed by atoms with Crippen molar-refractivity contribution in [1.29, 1.82) is 0 Å². The van der Waals surface area contributed by atoms with Crippen molar-refractivity contribution < 1.29 is 0 Å². The summed E-state index contributed by atoms with van der Waals surface area (Å²) in [6.07, 6.45) is 3.40. The number of H-pyrrole nitrogens is 2. The van der Waals surface area contributed by atoms with Crippen molar-refractivity contribution in [2.45, 2.75) is 13.0 Å². The fraction of sp³-hybridized carbons (Fsp3) is 0.118. The third-order valence-corrected chi connectivity index (χ3v) is 4.49. The smallest absolute Gasteiger partial charge is 0.258 e. The van der Waals surface area contributed by atoms with Crippen LogP contribution in [0.25, 0.3) is 21.7 Å². The number of aromatic amines is 2. The number of hydrogen-bond donors (Lipinski definition) is 3. The lowest BCUT2D eigenvalue weighted by atomic mass is 10.1. The number of halogens is 1. The SMILES string of the molecule is CC(Nc1nc2cc[nH]c(=O)c2c2cc(Br)ccc12)c1cc[nH]n1. The van der Waals surface area contributed by atoms with Crippen LogP contribution in [0.4, 0.5) is 5.82 Å². The predicted octanol–water partition coefficient (Wildman–Crippen LogP) is 3.74. The minimum Gasteiger partial charge on any atom is -0.361 e. The highest BCUT2D eigenvalue weighted by Crippen LogP contribution is 2.31. The van der Waals surface area contributed by atoms with E-state index in [4.69, 9.17) is 0 Å². The Labute approximate surface area is 145 Å². The zero-order valence-corrected chi connectivity index (χ0v) is 14.4. The molecular weight excluding hydrogens is 370 g/mol. The Kier molecular flexibility index (Phi) is 3.57.